The second kappa shape index (κ2) is 12.2. The van der Waals surface area contributed by atoms with Crippen molar-refractivity contribution in [3.05, 3.63) is 0 Å². The van der Waals surface area contributed by atoms with Gasteiger partial charge in [0.1, 0.15) is 0 Å². The summed E-state index contributed by atoms with van der Waals surface area (Å²) in [6.07, 6.45) is 4.88. The highest BCUT2D eigenvalue weighted by Gasteiger charge is 2.20. The summed E-state index contributed by atoms with van der Waals surface area (Å²) in [7, 11) is 1.80. The van der Waals surface area contributed by atoms with E-state index in [9.17, 15) is 4.79 Å². The molecule has 0 aliphatic carbocycles. The second-order valence-electron chi connectivity index (χ2n) is 6.28. The maximum atomic E-state index is 10.5. The van der Waals surface area contributed by atoms with Crippen LogP contribution >= 0.6 is 0 Å². The summed E-state index contributed by atoms with van der Waals surface area (Å²) in [4.78, 5) is 14.6. The highest BCUT2D eigenvalue weighted by atomic mass is 16.5. The number of morpholine rings is 1. The van der Waals surface area contributed by atoms with Crippen LogP contribution in [0.3, 0.4) is 0 Å². The van der Waals surface area contributed by atoms with Crippen molar-refractivity contribution in [2.24, 2.45) is 5.92 Å². The van der Waals surface area contributed by atoms with Crippen molar-refractivity contribution in [2.75, 3.05) is 39.8 Å². The lowest BCUT2D eigenvalue weighted by Gasteiger charge is -2.34. The topological polar surface area (TPSA) is 32.8 Å². The van der Waals surface area contributed by atoms with E-state index in [-0.39, 0.29) is 6.10 Å². The van der Waals surface area contributed by atoms with Crippen molar-refractivity contribution in [3.63, 3.8) is 0 Å². The molecule has 1 saturated heterocycles. The number of hydrogen-bond acceptors (Lipinski definition) is 3. The first kappa shape index (κ1) is 19.4. The molecule has 0 bridgehead atoms. The van der Waals surface area contributed by atoms with Gasteiger partial charge in [0.05, 0.1) is 12.7 Å². The van der Waals surface area contributed by atoms with Gasteiger partial charge in [-0.05, 0) is 18.9 Å². The van der Waals surface area contributed by atoms with Gasteiger partial charge in [-0.1, -0.05) is 40.5 Å². The number of ether oxygens (including phenoxy) is 1. The maximum absolute atomic E-state index is 10.5. The molecule has 1 fully saturated rings. The molecule has 1 amide bonds. The average molecular weight is 286 g/mol. The molecule has 120 valence electrons. The van der Waals surface area contributed by atoms with Gasteiger partial charge in [-0.15, -0.1) is 0 Å². The summed E-state index contributed by atoms with van der Waals surface area (Å²) < 4.78 is 5.64. The van der Waals surface area contributed by atoms with Gasteiger partial charge in [0.25, 0.3) is 0 Å². The number of carbonyl (C=O) groups is 1. The molecule has 0 N–H and O–H groups in total. The smallest absolute Gasteiger partial charge is 0.209 e. The molecule has 1 heterocycles. The Kier molecular flexibility index (Phi) is 11.8. The number of carbonyl (C=O) groups excluding carboxylic acids is 1. The van der Waals surface area contributed by atoms with Crippen molar-refractivity contribution >= 4 is 6.41 Å². The van der Waals surface area contributed by atoms with Crippen LogP contribution in [-0.4, -0.2) is 62.1 Å². The molecule has 1 rings (SSSR count). The zero-order chi connectivity index (χ0) is 15.4. The van der Waals surface area contributed by atoms with Crippen LogP contribution in [0.25, 0.3) is 0 Å². The van der Waals surface area contributed by atoms with Crippen molar-refractivity contribution in [1.82, 2.24) is 9.80 Å². The van der Waals surface area contributed by atoms with Gasteiger partial charge < -0.3 is 9.64 Å². The lowest BCUT2D eigenvalue weighted by Crippen LogP contribution is -2.46. The van der Waals surface area contributed by atoms with E-state index in [1.807, 2.05) is 0 Å². The van der Waals surface area contributed by atoms with E-state index >= 15 is 0 Å². The fraction of sp³-hybridized carbons (Fsp3) is 0.938. The molecule has 4 heteroatoms. The van der Waals surface area contributed by atoms with Crippen molar-refractivity contribution in [3.8, 4) is 0 Å². The number of hydrogen-bond donors (Lipinski definition) is 0. The molecular formula is C16H34N2O2. The van der Waals surface area contributed by atoms with Crippen LogP contribution in [0.1, 0.15) is 47.0 Å². The molecule has 0 aromatic carbocycles. The lowest BCUT2D eigenvalue weighted by molar-refractivity contribution is -0.120. The van der Waals surface area contributed by atoms with E-state index in [1.165, 1.54) is 25.8 Å². The molecule has 1 aliphatic heterocycles. The zero-order valence-electron chi connectivity index (χ0n) is 14.1. The number of rotatable bonds is 7. The third kappa shape index (κ3) is 11.2. The monoisotopic (exact) mass is 286 g/mol. The van der Waals surface area contributed by atoms with Crippen LogP contribution in [-0.2, 0) is 9.53 Å². The standard InChI is InChI=1S/C12H24N2O2.C4H10/c1-3-4-5-6-14-7-8-16-12(10-14)9-13(2)11-15;1-4(2)3/h11-12H,3-10H2,1-2H3;4H,1-3H3. The van der Waals surface area contributed by atoms with Gasteiger partial charge in [0, 0.05) is 26.7 Å². The Bertz CT molecular complexity index is 232. The first-order chi connectivity index (χ1) is 9.49. The van der Waals surface area contributed by atoms with Gasteiger partial charge in [-0.25, -0.2) is 0 Å². The van der Waals surface area contributed by atoms with Crippen molar-refractivity contribution in [1.29, 1.82) is 0 Å². The minimum Gasteiger partial charge on any atom is -0.374 e. The highest BCUT2D eigenvalue weighted by Crippen LogP contribution is 2.07. The Hall–Kier alpha value is -0.610. The fourth-order valence-corrected chi connectivity index (χ4v) is 2.04. The summed E-state index contributed by atoms with van der Waals surface area (Å²) in [5, 5.41) is 0. The number of amides is 1. The van der Waals surface area contributed by atoms with E-state index in [4.69, 9.17) is 4.74 Å². The zero-order valence-corrected chi connectivity index (χ0v) is 14.1. The van der Waals surface area contributed by atoms with Crippen molar-refractivity contribution in [2.45, 2.75) is 53.1 Å². The van der Waals surface area contributed by atoms with E-state index in [0.29, 0.717) is 6.54 Å². The summed E-state index contributed by atoms with van der Waals surface area (Å²) in [5.74, 6) is 0.833. The van der Waals surface area contributed by atoms with Gasteiger partial charge in [-0.2, -0.15) is 0 Å². The predicted molar refractivity (Wildman–Crippen MR) is 84.9 cm³/mol. The molecule has 0 aromatic heterocycles. The summed E-state index contributed by atoms with van der Waals surface area (Å²) in [6.45, 7) is 13.4. The third-order valence-corrected chi connectivity index (χ3v) is 2.97. The Morgan fingerprint density at radius 3 is 2.55 bits per heavy atom. The first-order valence-electron chi connectivity index (χ1n) is 7.99. The number of unbranched alkanes of at least 4 members (excludes halogenated alkanes) is 2. The molecule has 1 unspecified atom stereocenters. The SMILES string of the molecule is CC(C)C.CCCCCN1CCOC(CN(C)C=O)C1. The first-order valence-corrected chi connectivity index (χ1v) is 7.99. The molecule has 0 aromatic rings. The molecular weight excluding hydrogens is 252 g/mol. The van der Waals surface area contributed by atoms with Gasteiger partial charge in [0.15, 0.2) is 0 Å². The molecule has 0 spiro atoms. The predicted octanol–water partition coefficient (Wildman–Crippen LogP) is 2.63. The molecule has 4 nitrogen and oxygen atoms in total. The summed E-state index contributed by atoms with van der Waals surface area (Å²) in [5.41, 5.74) is 0. The largest absolute Gasteiger partial charge is 0.374 e. The van der Waals surface area contributed by atoms with Crippen LogP contribution in [0.15, 0.2) is 0 Å². The van der Waals surface area contributed by atoms with Crippen LogP contribution in [0, 0.1) is 5.92 Å². The number of nitrogens with zero attached hydrogens (tertiary/aromatic N) is 2. The van der Waals surface area contributed by atoms with Crippen molar-refractivity contribution < 1.29 is 9.53 Å². The summed E-state index contributed by atoms with van der Waals surface area (Å²) in [6, 6.07) is 0. The molecule has 0 radical (unpaired) electrons. The van der Waals surface area contributed by atoms with Gasteiger partial charge >= 0.3 is 0 Å². The normalized spacial score (nSPS) is 19.4. The quantitative estimate of drug-likeness (QED) is 0.533. The molecule has 1 aliphatic rings. The minimum absolute atomic E-state index is 0.186. The van der Waals surface area contributed by atoms with Gasteiger partial charge in [-0.3, -0.25) is 9.69 Å². The Balaban J connectivity index is 0.000000796. The maximum Gasteiger partial charge on any atom is 0.209 e. The van der Waals surface area contributed by atoms with E-state index in [2.05, 4.69) is 32.6 Å². The minimum atomic E-state index is 0.186. The van der Waals surface area contributed by atoms with Crippen LogP contribution in [0.2, 0.25) is 0 Å². The third-order valence-electron chi connectivity index (χ3n) is 2.97. The fourth-order valence-electron chi connectivity index (χ4n) is 2.04. The van der Waals surface area contributed by atoms with E-state index < -0.39 is 0 Å². The van der Waals surface area contributed by atoms with Crippen LogP contribution in [0.4, 0.5) is 0 Å². The summed E-state index contributed by atoms with van der Waals surface area (Å²) >= 11 is 0. The molecule has 0 saturated carbocycles. The van der Waals surface area contributed by atoms with E-state index in [0.717, 1.165) is 32.0 Å². The van der Waals surface area contributed by atoms with E-state index in [1.54, 1.807) is 11.9 Å². The Morgan fingerprint density at radius 1 is 1.35 bits per heavy atom. The highest BCUT2D eigenvalue weighted by molar-refractivity contribution is 5.46. The molecule has 20 heavy (non-hydrogen) atoms. The van der Waals surface area contributed by atoms with Crippen LogP contribution < -0.4 is 0 Å². The lowest BCUT2D eigenvalue weighted by atomic mass is 10.2. The van der Waals surface area contributed by atoms with Gasteiger partial charge in [0.2, 0.25) is 6.41 Å². The van der Waals surface area contributed by atoms with Crippen LogP contribution in [0.5, 0.6) is 0 Å². The second-order valence-corrected chi connectivity index (χ2v) is 6.28. The Morgan fingerprint density at radius 2 is 2.00 bits per heavy atom. The number of likely N-dealkylation sites (N-methyl/N-ethyl adjacent to an activating group) is 1. The Labute approximate surface area is 125 Å². The average Bonchev–Trinajstić information content (AvgIpc) is 2.39. The molecule has 1 atom stereocenters.